The van der Waals surface area contributed by atoms with Crippen LogP contribution >= 0.6 is 11.6 Å². The van der Waals surface area contributed by atoms with Crippen molar-refractivity contribution < 1.29 is 19.4 Å². The van der Waals surface area contributed by atoms with Gasteiger partial charge in [-0.3, -0.25) is 0 Å². The number of aromatic amines is 1. The summed E-state index contributed by atoms with van der Waals surface area (Å²) in [7, 11) is 4.94. The summed E-state index contributed by atoms with van der Waals surface area (Å²) in [6.07, 6.45) is 0.669. The molecule has 0 spiro atoms. The van der Waals surface area contributed by atoms with Gasteiger partial charge in [0.05, 0.1) is 12.7 Å². The molecule has 2 amide bonds. The van der Waals surface area contributed by atoms with Crippen LogP contribution in [0.1, 0.15) is 46.8 Å². The van der Waals surface area contributed by atoms with E-state index in [-0.39, 0.29) is 23.6 Å². The number of aromatic nitrogens is 1. The zero-order chi connectivity index (χ0) is 23.6. The first-order valence-electron chi connectivity index (χ1n) is 10.3. The number of carbonyl (C=O) groups is 2. The van der Waals surface area contributed by atoms with E-state index in [1.807, 2.05) is 26.0 Å². The highest BCUT2D eigenvalue weighted by Crippen LogP contribution is 2.40. The molecule has 0 saturated heterocycles. The number of fused-ring (bicyclic) bond motifs is 1. The molecule has 0 aliphatic heterocycles. The van der Waals surface area contributed by atoms with Crippen molar-refractivity contribution in [1.82, 2.24) is 15.2 Å². The lowest BCUT2D eigenvalue weighted by molar-refractivity contribution is 0.0696. The Hall–Kier alpha value is -3.19. The van der Waals surface area contributed by atoms with Crippen LogP contribution < -0.4 is 10.1 Å². The molecule has 2 aromatic carbocycles. The number of nitrogens with one attached hydrogen (secondary N) is 2. The number of carboxylic acid groups (broad SMARTS) is 1. The second-order valence-corrected chi connectivity index (χ2v) is 8.54. The number of rotatable bonds is 7. The van der Waals surface area contributed by atoms with Gasteiger partial charge in [-0.25, -0.2) is 9.59 Å². The molecule has 3 rings (SSSR count). The number of hydrogen-bond acceptors (Lipinski definition) is 3. The van der Waals surface area contributed by atoms with Crippen molar-refractivity contribution in [3.8, 4) is 5.75 Å². The Balaban J connectivity index is 1.96. The summed E-state index contributed by atoms with van der Waals surface area (Å²) in [6, 6.07) is 10.8. The van der Waals surface area contributed by atoms with E-state index in [9.17, 15) is 14.7 Å². The monoisotopic (exact) mass is 457 g/mol. The molecule has 0 fully saturated rings. The number of amides is 2. The van der Waals surface area contributed by atoms with Crippen molar-refractivity contribution in [2.75, 3.05) is 21.2 Å². The van der Waals surface area contributed by atoms with Gasteiger partial charge in [-0.05, 0) is 43.2 Å². The highest BCUT2D eigenvalue weighted by Gasteiger charge is 2.22. The third-order valence-electron chi connectivity index (χ3n) is 5.55. The minimum atomic E-state index is -1.01. The second kappa shape index (κ2) is 9.53. The Labute approximate surface area is 192 Å². The van der Waals surface area contributed by atoms with E-state index in [4.69, 9.17) is 16.3 Å². The fourth-order valence-electron chi connectivity index (χ4n) is 3.88. The maximum atomic E-state index is 11.9. The molecule has 0 aliphatic carbocycles. The lowest BCUT2D eigenvalue weighted by Gasteiger charge is -2.18. The number of aromatic carboxylic acids is 1. The van der Waals surface area contributed by atoms with E-state index in [1.165, 1.54) is 18.1 Å². The van der Waals surface area contributed by atoms with E-state index >= 15 is 0 Å². The molecule has 1 heterocycles. The van der Waals surface area contributed by atoms with E-state index in [0.29, 0.717) is 17.3 Å². The van der Waals surface area contributed by atoms with E-state index in [0.717, 1.165) is 27.6 Å². The molecule has 2 atom stereocenters. The average Bonchev–Trinajstić information content (AvgIpc) is 3.07. The molecule has 0 aliphatic rings. The van der Waals surface area contributed by atoms with Crippen molar-refractivity contribution >= 4 is 34.5 Å². The highest BCUT2D eigenvalue weighted by molar-refractivity contribution is 6.32. The van der Waals surface area contributed by atoms with Crippen LogP contribution in [0.4, 0.5) is 4.79 Å². The normalized spacial score (nSPS) is 12.9. The number of hydrogen-bond donors (Lipinski definition) is 3. The second-order valence-electron chi connectivity index (χ2n) is 8.17. The molecule has 2 unspecified atom stereocenters. The minimum Gasteiger partial charge on any atom is -0.496 e. The fraction of sp³-hybridized carbons (Fsp3) is 0.333. The third kappa shape index (κ3) is 4.83. The Morgan fingerprint density at radius 3 is 2.53 bits per heavy atom. The van der Waals surface area contributed by atoms with Gasteiger partial charge in [0.1, 0.15) is 10.9 Å². The van der Waals surface area contributed by atoms with Crippen LogP contribution in [0.3, 0.4) is 0 Å². The number of carboxylic acids is 1. The summed E-state index contributed by atoms with van der Waals surface area (Å²) in [4.78, 5) is 28.0. The van der Waals surface area contributed by atoms with Crippen LogP contribution in [0.25, 0.3) is 10.9 Å². The Morgan fingerprint density at radius 1 is 1.19 bits per heavy atom. The predicted molar refractivity (Wildman–Crippen MR) is 126 cm³/mol. The number of halogens is 1. The van der Waals surface area contributed by atoms with Crippen molar-refractivity contribution in [1.29, 1.82) is 0 Å². The molecular formula is C24H28ClN3O4. The minimum absolute atomic E-state index is 0.0405. The lowest BCUT2D eigenvalue weighted by atomic mass is 9.90. The van der Waals surface area contributed by atoms with Gasteiger partial charge in [0.2, 0.25) is 0 Å². The first kappa shape index (κ1) is 23.5. The predicted octanol–water partition coefficient (Wildman–Crippen LogP) is 4.88. The molecule has 0 saturated carbocycles. The summed E-state index contributed by atoms with van der Waals surface area (Å²) in [5, 5.41) is 13.8. The SMILES string of the molecule is COc1cc(C(=O)O)ccc1C(C)c1c(Cl)[nH]c2ccc(CC(C)NC(=O)N(C)C)cc12. The van der Waals surface area contributed by atoms with Gasteiger partial charge in [0.25, 0.3) is 0 Å². The average molecular weight is 458 g/mol. The van der Waals surface area contributed by atoms with Crippen molar-refractivity contribution in [2.45, 2.75) is 32.2 Å². The Kier molecular flexibility index (Phi) is 6.99. The molecule has 0 bridgehead atoms. The molecule has 0 radical (unpaired) electrons. The highest BCUT2D eigenvalue weighted by atomic mass is 35.5. The molecule has 3 N–H and O–H groups in total. The number of H-pyrrole nitrogens is 1. The van der Waals surface area contributed by atoms with Crippen LogP contribution in [0.15, 0.2) is 36.4 Å². The largest absolute Gasteiger partial charge is 0.496 e. The zero-order valence-corrected chi connectivity index (χ0v) is 19.6. The van der Waals surface area contributed by atoms with Crippen molar-refractivity contribution in [2.24, 2.45) is 0 Å². The van der Waals surface area contributed by atoms with Crippen LogP contribution in [0.2, 0.25) is 5.15 Å². The smallest absolute Gasteiger partial charge is 0.335 e. The van der Waals surface area contributed by atoms with Crippen LogP contribution in [0, 0.1) is 0 Å². The van der Waals surface area contributed by atoms with Crippen molar-refractivity contribution in [3.63, 3.8) is 0 Å². The van der Waals surface area contributed by atoms with E-state index < -0.39 is 5.97 Å². The van der Waals surface area contributed by atoms with Crippen LogP contribution in [-0.4, -0.2) is 54.2 Å². The van der Waals surface area contributed by atoms with Crippen LogP contribution in [-0.2, 0) is 6.42 Å². The summed E-state index contributed by atoms with van der Waals surface area (Å²) < 4.78 is 5.48. The van der Waals surface area contributed by atoms with Gasteiger partial charge in [-0.15, -0.1) is 0 Å². The Bertz CT molecular complexity index is 1160. The summed E-state index contributed by atoms with van der Waals surface area (Å²) in [5.41, 5.74) is 3.90. The lowest BCUT2D eigenvalue weighted by Crippen LogP contribution is -2.40. The van der Waals surface area contributed by atoms with Gasteiger partial charge < -0.3 is 25.0 Å². The summed E-state index contributed by atoms with van der Waals surface area (Å²) >= 11 is 6.60. The first-order chi connectivity index (χ1) is 15.1. The molecule has 32 heavy (non-hydrogen) atoms. The molecule has 8 heteroatoms. The maximum Gasteiger partial charge on any atom is 0.335 e. The van der Waals surface area contributed by atoms with Gasteiger partial charge in [0, 0.05) is 48.1 Å². The summed E-state index contributed by atoms with van der Waals surface area (Å²) in [5.74, 6) is -0.651. The van der Waals surface area contributed by atoms with Crippen LogP contribution in [0.5, 0.6) is 5.75 Å². The summed E-state index contributed by atoms with van der Waals surface area (Å²) in [6.45, 7) is 3.98. The molecule has 3 aromatic rings. The topological polar surface area (TPSA) is 94.7 Å². The quantitative estimate of drug-likeness (QED) is 0.471. The maximum absolute atomic E-state index is 11.9. The molecule has 7 nitrogen and oxygen atoms in total. The van der Waals surface area contributed by atoms with Gasteiger partial charge in [0.15, 0.2) is 0 Å². The molecular weight excluding hydrogens is 430 g/mol. The van der Waals surface area contributed by atoms with Gasteiger partial charge in [-0.1, -0.05) is 30.7 Å². The van der Waals surface area contributed by atoms with E-state index in [1.54, 1.807) is 26.2 Å². The fourth-order valence-corrected chi connectivity index (χ4v) is 4.25. The zero-order valence-electron chi connectivity index (χ0n) is 18.8. The number of methoxy groups -OCH3 is 1. The molecule has 170 valence electrons. The van der Waals surface area contributed by atoms with Gasteiger partial charge in [-0.2, -0.15) is 0 Å². The van der Waals surface area contributed by atoms with Crippen molar-refractivity contribution in [3.05, 3.63) is 63.8 Å². The standard InChI is InChI=1S/C24H28ClN3O4/c1-13(26-24(31)28(3)4)10-15-6-9-19-18(11-15)21(22(25)27-19)14(2)17-8-7-16(23(29)30)12-20(17)32-5/h6-9,11-14,27H,10H2,1-5H3,(H,26,31)(H,29,30). The first-order valence-corrected chi connectivity index (χ1v) is 10.7. The number of urea groups is 1. The third-order valence-corrected chi connectivity index (χ3v) is 5.85. The van der Waals surface area contributed by atoms with E-state index in [2.05, 4.69) is 16.4 Å². The molecule has 1 aromatic heterocycles. The number of benzene rings is 2. The number of nitrogens with zero attached hydrogens (tertiary/aromatic N) is 1. The van der Waals surface area contributed by atoms with Gasteiger partial charge >= 0.3 is 12.0 Å². The number of ether oxygens (including phenoxy) is 1. The number of carbonyl (C=O) groups excluding carboxylic acids is 1. The Morgan fingerprint density at radius 2 is 1.91 bits per heavy atom.